The lowest BCUT2D eigenvalue weighted by molar-refractivity contribution is -0.122. The van der Waals surface area contributed by atoms with E-state index in [1.54, 1.807) is 22.7 Å². The number of carbonyl (C=O) groups excluding carboxylic acids is 1. The molecule has 1 amide bonds. The fraction of sp³-hybridized carbons (Fsp3) is 0.364. The zero-order chi connectivity index (χ0) is 20.1. The molecule has 1 aliphatic heterocycles. The van der Waals surface area contributed by atoms with Crippen LogP contribution in [0.15, 0.2) is 53.2 Å². The van der Waals surface area contributed by atoms with Crippen LogP contribution in [0.25, 0.3) is 0 Å². The van der Waals surface area contributed by atoms with Gasteiger partial charge in [-0.15, -0.1) is 22.7 Å². The standard InChI is InChI=1S/C22H25N3O2S2/c1-16-15-29-22(23-16)18-14-25(11-12-27-18)10-9-20(26)24-21(19-8-5-13-28-19)17-6-3-2-4-7-17/h2-8,13,15,18,21H,9-12,14H2,1H3,(H,24,26). The van der Waals surface area contributed by atoms with Crippen molar-refractivity contribution >= 4 is 28.6 Å². The Morgan fingerprint density at radius 3 is 2.86 bits per heavy atom. The molecule has 5 nitrogen and oxygen atoms in total. The molecule has 1 N–H and O–H groups in total. The molecular formula is C22H25N3O2S2. The van der Waals surface area contributed by atoms with Crippen molar-refractivity contribution < 1.29 is 9.53 Å². The zero-order valence-corrected chi connectivity index (χ0v) is 18.0. The number of aryl methyl sites for hydroxylation is 1. The smallest absolute Gasteiger partial charge is 0.222 e. The third-order valence-corrected chi connectivity index (χ3v) is 6.98. The van der Waals surface area contributed by atoms with Crippen molar-refractivity contribution in [3.05, 3.63) is 74.4 Å². The maximum Gasteiger partial charge on any atom is 0.222 e. The minimum atomic E-state index is -0.0977. The Morgan fingerprint density at radius 2 is 2.14 bits per heavy atom. The number of hydrogen-bond acceptors (Lipinski definition) is 6. The molecule has 0 aliphatic carbocycles. The van der Waals surface area contributed by atoms with Crippen molar-refractivity contribution in [2.75, 3.05) is 26.2 Å². The maximum atomic E-state index is 12.7. The van der Waals surface area contributed by atoms with Gasteiger partial charge in [0.1, 0.15) is 11.1 Å². The number of benzene rings is 1. The number of morpholine rings is 1. The van der Waals surface area contributed by atoms with Crippen LogP contribution in [-0.2, 0) is 9.53 Å². The van der Waals surface area contributed by atoms with Gasteiger partial charge in [-0.1, -0.05) is 36.4 Å². The van der Waals surface area contributed by atoms with Crippen LogP contribution in [0.2, 0.25) is 0 Å². The Kier molecular flexibility index (Phi) is 6.71. The van der Waals surface area contributed by atoms with Crippen molar-refractivity contribution in [1.29, 1.82) is 0 Å². The average Bonchev–Trinajstić information content (AvgIpc) is 3.43. The van der Waals surface area contributed by atoms with Gasteiger partial charge < -0.3 is 10.1 Å². The number of hydrogen-bond donors (Lipinski definition) is 1. The molecule has 29 heavy (non-hydrogen) atoms. The molecule has 2 atom stereocenters. The van der Waals surface area contributed by atoms with E-state index in [-0.39, 0.29) is 18.1 Å². The predicted octanol–water partition coefficient (Wildman–Crippen LogP) is 4.18. The summed E-state index contributed by atoms with van der Waals surface area (Å²) in [5.41, 5.74) is 2.14. The van der Waals surface area contributed by atoms with Crippen LogP contribution in [0.4, 0.5) is 0 Å². The molecule has 2 unspecified atom stereocenters. The third kappa shape index (κ3) is 5.30. The van der Waals surface area contributed by atoms with Gasteiger partial charge in [0.05, 0.1) is 12.6 Å². The highest BCUT2D eigenvalue weighted by Gasteiger charge is 2.25. The number of rotatable bonds is 7. The summed E-state index contributed by atoms with van der Waals surface area (Å²) in [6, 6.07) is 14.1. The van der Waals surface area contributed by atoms with E-state index in [1.165, 1.54) is 0 Å². The number of amides is 1. The van der Waals surface area contributed by atoms with E-state index in [0.717, 1.165) is 40.8 Å². The van der Waals surface area contributed by atoms with E-state index in [4.69, 9.17) is 4.74 Å². The van der Waals surface area contributed by atoms with E-state index in [0.29, 0.717) is 13.0 Å². The first-order chi connectivity index (χ1) is 14.2. The van der Waals surface area contributed by atoms with Crippen LogP contribution < -0.4 is 5.32 Å². The van der Waals surface area contributed by atoms with Gasteiger partial charge in [0.15, 0.2) is 0 Å². The van der Waals surface area contributed by atoms with Gasteiger partial charge in [-0.3, -0.25) is 9.69 Å². The quantitative estimate of drug-likeness (QED) is 0.615. The van der Waals surface area contributed by atoms with Gasteiger partial charge in [-0.2, -0.15) is 0 Å². The van der Waals surface area contributed by atoms with Gasteiger partial charge >= 0.3 is 0 Å². The molecule has 0 bridgehead atoms. The molecule has 1 aliphatic rings. The lowest BCUT2D eigenvalue weighted by atomic mass is 10.1. The summed E-state index contributed by atoms with van der Waals surface area (Å²) in [6.45, 7) is 5.03. The molecule has 0 saturated carbocycles. The minimum Gasteiger partial charge on any atom is -0.368 e. The number of thiophene rings is 1. The maximum absolute atomic E-state index is 12.7. The van der Waals surface area contributed by atoms with Crippen LogP contribution >= 0.6 is 22.7 Å². The van der Waals surface area contributed by atoms with Gasteiger partial charge in [0, 0.05) is 42.0 Å². The van der Waals surface area contributed by atoms with Crippen LogP contribution in [0.1, 0.15) is 39.7 Å². The Labute approximate surface area is 179 Å². The van der Waals surface area contributed by atoms with Crippen LogP contribution in [0.5, 0.6) is 0 Å². The lowest BCUT2D eigenvalue weighted by Crippen LogP contribution is -2.40. The van der Waals surface area contributed by atoms with Crippen molar-refractivity contribution in [3.8, 4) is 0 Å². The second-order valence-electron chi connectivity index (χ2n) is 7.16. The predicted molar refractivity (Wildman–Crippen MR) is 117 cm³/mol. The van der Waals surface area contributed by atoms with E-state index >= 15 is 0 Å². The summed E-state index contributed by atoms with van der Waals surface area (Å²) < 4.78 is 5.89. The third-order valence-electron chi connectivity index (χ3n) is 4.98. The molecule has 3 heterocycles. The second kappa shape index (κ2) is 9.63. The topological polar surface area (TPSA) is 54.5 Å². The molecule has 1 saturated heterocycles. The van der Waals surface area contributed by atoms with Gasteiger partial charge in [-0.25, -0.2) is 4.98 Å². The van der Waals surface area contributed by atoms with E-state index in [2.05, 4.69) is 38.8 Å². The highest BCUT2D eigenvalue weighted by Crippen LogP contribution is 2.27. The van der Waals surface area contributed by atoms with E-state index in [1.807, 2.05) is 36.6 Å². The Balaban J connectivity index is 1.34. The number of ether oxygens (including phenoxy) is 1. The summed E-state index contributed by atoms with van der Waals surface area (Å²) in [7, 11) is 0. The van der Waals surface area contributed by atoms with Crippen molar-refractivity contribution in [2.24, 2.45) is 0 Å². The van der Waals surface area contributed by atoms with Gasteiger partial charge in [0.25, 0.3) is 0 Å². The molecule has 2 aromatic heterocycles. The number of nitrogens with one attached hydrogen (secondary N) is 1. The monoisotopic (exact) mass is 427 g/mol. The van der Waals surface area contributed by atoms with Crippen LogP contribution in [0.3, 0.4) is 0 Å². The summed E-state index contributed by atoms with van der Waals surface area (Å²) in [6.07, 6.45) is 0.479. The van der Waals surface area contributed by atoms with E-state index < -0.39 is 0 Å². The molecule has 4 rings (SSSR count). The Hall–Kier alpha value is -2.06. The number of thiazole rings is 1. The van der Waals surface area contributed by atoms with Gasteiger partial charge in [-0.05, 0) is 23.9 Å². The Bertz CT molecular complexity index is 911. The second-order valence-corrected chi connectivity index (χ2v) is 9.03. The number of aromatic nitrogens is 1. The molecular weight excluding hydrogens is 402 g/mol. The first-order valence-corrected chi connectivity index (χ1v) is 11.6. The summed E-state index contributed by atoms with van der Waals surface area (Å²) in [5.74, 6) is 0.0698. The molecule has 1 aromatic carbocycles. The molecule has 1 fully saturated rings. The minimum absolute atomic E-state index is 0.00805. The SMILES string of the molecule is Cc1csc(C2CN(CCC(=O)NC(c3ccccc3)c3cccs3)CCO2)n1. The summed E-state index contributed by atoms with van der Waals surface area (Å²) in [4.78, 5) is 20.7. The van der Waals surface area contributed by atoms with Crippen LogP contribution in [-0.4, -0.2) is 42.0 Å². The van der Waals surface area contributed by atoms with Crippen molar-refractivity contribution in [3.63, 3.8) is 0 Å². The lowest BCUT2D eigenvalue weighted by Gasteiger charge is -2.31. The largest absolute Gasteiger partial charge is 0.368 e. The number of carbonyl (C=O) groups is 1. The molecule has 3 aromatic rings. The highest BCUT2D eigenvalue weighted by atomic mass is 32.1. The summed E-state index contributed by atoms with van der Waals surface area (Å²) >= 11 is 3.31. The zero-order valence-electron chi connectivity index (χ0n) is 16.4. The van der Waals surface area contributed by atoms with Crippen molar-refractivity contribution in [2.45, 2.75) is 25.5 Å². The van der Waals surface area contributed by atoms with Gasteiger partial charge in [0.2, 0.25) is 5.91 Å². The van der Waals surface area contributed by atoms with E-state index in [9.17, 15) is 4.79 Å². The normalized spacial score (nSPS) is 18.4. The fourth-order valence-corrected chi connectivity index (χ4v) is 5.13. The highest BCUT2D eigenvalue weighted by molar-refractivity contribution is 7.10. The molecule has 0 spiro atoms. The molecule has 7 heteroatoms. The Morgan fingerprint density at radius 1 is 1.28 bits per heavy atom. The fourth-order valence-electron chi connectivity index (χ4n) is 3.49. The number of nitrogens with zero attached hydrogens (tertiary/aromatic N) is 2. The first kappa shape index (κ1) is 20.2. The molecule has 0 radical (unpaired) electrons. The summed E-state index contributed by atoms with van der Waals surface area (Å²) in [5, 5.41) is 8.35. The average molecular weight is 428 g/mol. The van der Waals surface area contributed by atoms with Crippen molar-refractivity contribution in [1.82, 2.24) is 15.2 Å². The molecule has 152 valence electrons. The first-order valence-electron chi connectivity index (χ1n) is 9.83. The van der Waals surface area contributed by atoms with Crippen LogP contribution in [0, 0.1) is 6.92 Å².